The third-order valence-corrected chi connectivity index (χ3v) is 3.43. The molecular weight excluding hydrogens is 334 g/mol. The van der Waals surface area contributed by atoms with Gasteiger partial charge >= 0.3 is 5.97 Å². The molecule has 0 fully saturated rings. The molecule has 0 N–H and O–H groups in total. The number of ether oxygens (including phenoxy) is 1. The normalized spacial score (nSPS) is 11.3. The highest BCUT2D eigenvalue weighted by Crippen LogP contribution is 2.16. The molecule has 0 spiro atoms. The van der Waals surface area contributed by atoms with Gasteiger partial charge in [0.15, 0.2) is 5.78 Å². The molecule has 0 heterocycles. The van der Waals surface area contributed by atoms with Gasteiger partial charge in [-0.1, -0.05) is 42.5 Å². The molecule has 0 saturated heterocycles. The number of nitro benzene ring substituents is 1. The number of Topliss-reactive ketones (excluding diaryl/α,β-unsaturated/α-hetero) is 1. The van der Waals surface area contributed by atoms with Gasteiger partial charge in [0.1, 0.15) is 5.57 Å². The number of ketones is 1. The van der Waals surface area contributed by atoms with Crippen molar-refractivity contribution in [3.05, 3.63) is 93.6 Å². The van der Waals surface area contributed by atoms with Crippen LogP contribution in [0.3, 0.4) is 0 Å². The molecule has 0 amide bonds. The first kappa shape index (κ1) is 18.8. The van der Waals surface area contributed by atoms with Gasteiger partial charge in [-0.25, -0.2) is 4.79 Å². The minimum Gasteiger partial charge on any atom is -0.462 e. The molecule has 0 radical (unpaired) electrons. The number of benzene rings is 2. The number of carbonyl (C=O) groups excluding carboxylic acids is 2. The highest BCUT2D eigenvalue weighted by molar-refractivity contribution is 6.24. The van der Waals surface area contributed by atoms with E-state index in [9.17, 15) is 19.7 Å². The fourth-order valence-corrected chi connectivity index (χ4v) is 2.15. The van der Waals surface area contributed by atoms with Crippen LogP contribution in [0.2, 0.25) is 0 Å². The Bertz CT molecular complexity index is 852. The second-order valence-electron chi connectivity index (χ2n) is 5.20. The van der Waals surface area contributed by atoms with Crippen molar-refractivity contribution in [2.75, 3.05) is 6.61 Å². The summed E-state index contributed by atoms with van der Waals surface area (Å²) in [5, 5.41) is 10.7. The number of hydrogen-bond donors (Lipinski definition) is 0. The second kappa shape index (κ2) is 9.08. The van der Waals surface area contributed by atoms with Crippen LogP contribution in [0, 0.1) is 10.1 Å². The maximum absolute atomic E-state index is 12.6. The van der Waals surface area contributed by atoms with Crippen LogP contribution in [0.15, 0.2) is 72.3 Å². The van der Waals surface area contributed by atoms with E-state index in [0.717, 1.165) is 5.56 Å². The lowest BCUT2D eigenvalue weighted by Crippen LogP contribution is -2.16. The summed E-state index contributed by atoms with van der Waals surface area (Å²) in [6, 6.07) is 14.5. The number of nitro groups is 1. The Kier molecular flexibility index (Phi) is 6.56. The molecule has 132 valence electrons. The quantitative estimate of drug-likeness (QED) is 0.110. The van der Waals surface area contributed by atoms with Crippen molar-refractivity contribution in [1.29, 1.82) is 0 Å². The van der Waals surface area contributed by atoms with Crippen LogP contribution in [0.4, 0.5) is 5.69 Å². The fourth-order valence-electron chi connectivity index (χ4n) is 2.15. The number of esters is 1. The Morgan fingerprint density at radius 1 is 1.08 bits per heavy atom. The smallest absolute Gasteiger partial charge is 0.342 e. The summed E-state index contributed by atoms with van der Waals surface area (Å²) in [7, 11) is 0. The Morgan fingerprint density at radius 2 is 1.73 bits per heavy atom. The summed E-state index contributed by atoms with van der Waals surface area (Å²) in [5.74, 6) is -1.30. The van der Waals surface area contributed by atoms with Crippen molar-refractivity contribution in [1.82, 2.24) is 0 Å². The molecule has 0 unspecified atom stereocenters. The van der Waals surface area contributed by atoms with E-state index in [2.05, 4.69) is 0 Å². The summed E-state index contributed by atoms with van der Waals surface area (Å²) in [6.45, 7) is 1.78. The second-order valence-corrected chi connectivity index (χ2v) is 5.20. The summed E-state index contributed by atoms with van der Waals surface area (Å²) < 4.78 is 4.94. The van der Waals surface area contributed by atoms with Crippen LogP contribution in [-0.4, -0.2) is 23.3 Å². The van der Waals surface area contributed by atoms with E-state index in [1.165, 1.54) is 30.3 Å². The maximum atomic E-state index is 12.6. The fraction of sp³-hybridized carbons (Fsp3) is 0.100. The number of hydrogen-bond acceptors (Lipinski definition) is 5. The van der Waals surface area contributed by atoms with E-state index in [1.54, 1.807) is 19.1 Å². The Hall–Kier alpha value is -3.54. The van der Waals surface area contributed by atoms with Gasteiger partial charge in [-0.2, -0.15) is 0 Å². The third kappa shape index (κ3) is 4.98. The van der Waals surface area contributed by atoms with Crippen molar-refractivity contribution < 1.29 is 19.2 Å². The molecule has 0 saturated carbocycles. The van der Waals surface area contributed by atoms with E-state index < -0.39 is 16.7 Å². The van der Waals surface area contributed by atoms with Gasteiger partial charge in [-0.3, -0.25) is 14.9 Å². The standard InChI is InChI=1S/C20H17NO5/c1-2-26-20(23)18(10-6-9-15-7-4-3-5-8-15)19(22)16-11-13-17(14-12-16)21(24)25/h3-14H,2H2,1H3/b9-6+,18-10+. The zero-order chi connectivity index (χ0) is 18.9. The lowest BCUT2D eigenvalue weighted by atomic mass is 10.0. The molecule has 6 heteroatoms. The Balaban J connectivity index is 2.29. The predicted molar refractivity (Wildman–Crippen MR) is 97.6 cm³/mol. The van der Waals surface area contributed by atoms with E-state index in [4.69, 9.17) is 4.74 Å². The Labute approximate surface area is 150 Å². The molecule has 0 aliphatic rings. The van der Waals surface area contributed by atoms with E-state index in [1.807, 2.05) is 30.3 Å². The van der Waals surface area contributed by atoms with Crippen LogP contribution in [-0.2, 0) is 9.53 Å². The molecule has 0 atom stereocenters. The van der Waals surface area contributed by atoms with Crippen molar-refractivity contribution in [3.8, 4) is 0 Å². The van der Waals surface area contributed by atoms with E-state index >= 15 is 0 Å². The largest absolute Gasteiger partial charge is 0.462 e. The maximum Gasteiger partial charge on any atom is 0.342 e. The zero-order valence-electron chi connectivity index (χ0n) is 14.1. The summed E-state index contributed by atoms with van der Waals surface area (Å²) >= 11 is 0. The summed E-state index contributed by atoms with van der Waals surface area (Å²) in [4.78, 5) is 34.9. The Morgan fingerprint density at radius 3 is 2.31 bits per heavy atom. The lowest BCUT2D eigenvalue weighted by molar-refractivity contribution is -0.384. The SMILES string of the molecule is CCOC(=O)/C(=C/C=C/c1ccccc1)C(=O)c1ccc([N+](=O)[O-])cc1. The van der Waals surface area contributed by atoms with Gasteiger partial charge in [-0.05, 0) is 30.7 Å². The molecule has 2 aromatic rings. The van der Waals surface area contributed by atoms with Crippen molar-refractivity contribution >= 4 is 23.5 Å². The first-order chi connectivity index (χ1) is 12.5. The predicted octanol–water partition coefficient (Wildman–Crippen LogP) is 3.98. The first-order valence-electron chi connectivity index (χ1n) is 7.92. The highest BCUT2D eigenvalue weighted by Gasteiger charge is 2.21. The van der Waals surface area contributed by atoms with Gasteiger partial charge in [0.05, 0.1) is 11.5 Å². The van der Waals surface area contributed by atoms with Gasteiger partial charge < -0.3 is 4.74 Å². The summed E-state index contributed by atoms with van der Waals surface area (Å²) in [6.07, 6.45) is 4.72. The van der Waals surface area contributed by atoms with E-state index in [0.29, 0.717) is 0 Å². The van der Waals surface area contributed by atoms with Gasteiger partial charge in [0.2, 0.25) is 0 Å². The molecule has 0 aliphatic carbocycles. The summed E-state index contributed by atoms with van der Waals surface area (Å²) in [5.41, 5.74) is 0.804. The number of carbonyl (C=O) groups is 2. The highest BCUT2D eigenvalue weighted by atomic mass is 16.6. The van der Waals surface area contributed by atoms with Crippen molar-refractivity contribution in [2.24, 2.45) is 0 Å². The molecule has 2 aromatic carbocycles. The average molecular weight is 351 g/mol. The number of nitrogens with zero attached hydrogens (tertiary/aromatic N) is 1. The van der Waals surface area contributed by atoms with Crippen LogP contribution in [0.25, 0.3) is 6.08 Å². The zero-order valence-corrected chi connectivity index (χ0v) is 14.1. The van der Waals surface area contributed by atoms with Gasteiger partial charge in [0, 0.05) is 17.7 Å². The minimum absolute atomic E-state index is 0.131. The van der Waals surface area contributed by atoms with Crippen LogP contribution in [0.1, 0.15) is 22.8 Å². The minimum atomic E-state index is -0.742. The van der Waals surface area contributed by atoms with Crippen LogP contribution >= 0.6 is 0 Å². The third-order valence-electron chi connectivity index (χ3n) is 3.43. The topological polar surface area (TPSA) is 86.5 Å². The molecular formula is C20H17NO5. The number of non-ortho nitro benzene ring substituents is 1. The molecule has 0 aliphatic heterocycles. The van der Waals surface area contributed by atoms with Crippen LogP contribution in [0.5, 0.6) is 0 Å². The monoisotopic (exact) mass is 351 g/mol. The van der Waals surface area contributed by atoms with Crippen molar-refractivity contribution in [3.63, 3.8) is 0 Å². The van der Waals surface area contributed by atoms with Gasteiger partial charge in [-0.15, -0.1) is 0 Å². The molecule has 2 rings (SSSR count). The van der Waals surface area contributed by atoms with E-state index in [-0.39, 0.29) is 23.4 Å². The molecule has 0 bridgehead atoms. The molecule has 0 aromatic heterocycles. The molecule has 6 nitrogen and oxygen atoms in total. The first-order valence-corrected chi connectivity index (χ1v) is 7.92. The molecule has 26 heavy (non-hydrogen) atoms. The average Bonchev–Trinajstić information content (AvgIpc) is 2.66. The number of allylic oxidation sites excluding steroid dienone is 2. The number of rotatable bonds is 7. The van der Waals surface area contributed by atoms with Crippen molar-refractivity contribution in [2.45, 2.75) is 6.92 Å². The lowest BCUT2D eigenvalue weighted by Gasteiger charge is -2.05. The van der Waals surface area contributed by atoms with Gasteiger partial charge in [0.25, 0.3) is 5.69 Å². The van der Waals surface area contributed by atoms with Crippen LogP contribution < -0.4 is 0 Å².